The van der Waals surface area contributed by atoms with Gasteiger partial charge >= 0.3 is 0 Å². The van der Waals surface area contributed by atoms with Crippen molar-refractivity contribution in [2.24, 2.45) is 0 Å². The van der Waals surface area contributed by atoms with Crippen LogP contribution in [0.15, 0.2) is 53.9 Å². The Labute approximate surface area is 223 Å². The molecule has 0 radical (unpaired) electrons. The van der Waals surface area contributed by atoms with Gasteiger partial charge in [0.25, 0.3) is 5.91 Å². The van der Waals surface area contributed by atoms with Crippen molar-refractivity contribution in [3.05, 3.63) is 80.8 Å². The number of nitrogens with zero attached hydrogens (tertiary/aromatic N) is 2. The molecule has 190 valence electrons. The fraction of sp³-hybridized carbons (Fsp3) is 0.280. The molecule has 0 aliphatic carbocycles. The Morgan fingerprint density at radius 3 is 2.56 bits per heavy atom. The number of hydrogen-bond donors (Lipinski definition) is 2. The van der Waals surface area contributed by atoms with Gasteiger partial charge in [-0.3, -0.25) is 14.4 Å². The van der Waals surface area contributed by atoms with E-state index in [9.17, 15) is 14.4 Å². The number of carbonyl (C=O) groups is 3. The summed E-state index contributed by atoms with van der Waals surface area (Å²) in [5.41, 5.74) is 2.01. The van der Waals surface area contributed by atoms with Crippen molar-refractivity contribution in [2.45, 2.75) is 12.8 Å². The third-order valence-electron chi connectivity index (χ3n) is 5.07. The number of nitrogens with one attached hydrogen (secondary N) is 2. The molecule has 0 aliphatic heterocycles. The van der Waals surface area contributed by atoms with E-state index < -0.39 is 5.91 Å². The molecule has 3 aromatic rings. The minimum atomic E-state index is -0.423. The van der Waals surface area contributed by atoms with Crippen molar-refractivity contribution >= 4 is 57.4 Å². The van der Waals surface area contributed by atoms with E-state index in [1.165, 1.54) is 35.5 Å². The molecule has 0 fully saturated rings. The molecule has 0 aliphatic rings. The molecule has 1 heterocycles. The zero-order valence-electron chi connectivity index (χ0n) is 19.6. The molecule has 3 amide bonds. The number of ether oxygens (including phenoxy) is 1. The second-order valence-corrected chi connectivity index (χ2v) is 9.48. The van der Waals surface area contributed by atoms with E-state index >= 15 is 0 Å². The van der Waals surface area contributed by atoms with Crippen LogP contribution in [-0.2, 0) is 27.2 Å². The molecule has 8 nitrogen and oxygen atoms in total. The fourth-order valence-corrected chi connectivity index (χ4v) is 4.29. The quantitative estimate of drug-likeness (QED) is 0.355. The van der Waals surface area contributed by atoms with Crippen LogP contribution in [-0.4, -0.2) is 61.0 Å². The Morgan fingerprint density at radius 2 is 1.83 bits per heavy atom. The van der Waals surface area contributed by atoms with Gasteiger partial charge in [-0.2, -0.15) is 0 Å². The lowest BCUT2D eigenvalue weighted by Gasteiger charge is -2.22. The molecule has 0 saturated carbocycles. The Balaban J connectivity index is 1.51. The van der Waals surface area contributed by atoms with E-state index in [1.54, 1.807) is 11.4 Å². The number of methoxy groups -OCH3 is 1. The summed E-state index contributed by atoms with van der Waals surface area (Å²) in [6.45, 7) is 0.772. The van der Waals surface area contributed by atoms with Gasteiger partial charge in [-0.05, 0) is 30.2 Å². The monoisotopic (exact) mass is 548 g/mol. The third kappa shape index (κ3) is 8.60. The minimum Gasteiger partial charge on any atom is -0.383 e. The van der Waals surface area contributed by atoms with Gasteiger partial charge in [0.05, 0.1) is 28.8 Å². The number of aromatic nitrogens is 1. The van der Waals surface area contributed by atoms with Gasteiger partial charge in [-0.1, -0.05) is 53.5 Å². The lowest BCUT2D eigenvalue weighted by Crippen LogP contribution is -2.40. The highest BCUT2D eigenvalue weighted by molar-refractivity contribution is 7.13. The number of hydrogen-bond acceptors (Lipinski definition) is 6. The Kier molecular flexibility index (Phi) is 10.7. The van der Waals surface area contributed by atoms with Crippen molar-refractivity contribution in [3.8, 4) is 0 Å². The van der Waals surface area contributed by atoms with Gasteiger partial charge in [0.1, 0.15) is 6.54 Å². The Hall–Kier alpha value is -2.98. The lowest BCUT2D eigenvalue weighted by atomic mass is 10.1. The molecular formula is C25H26Cl2N4O4S. The molecule has 2 N–H and O–H groups in total. The summed E-state index contributed by atoms with van der Waals surface area (Å²) in [5.74, 6) is -0.951. The van der Waals surface area contributed by atoms with Crippen molar-refractivity contribution < 1.29 is 19.1 Å². The number of anilines is 1. The third-order valence-corrected chi connectivity index (χ3v) is 6.62. The average Bonchev–Trinajstić information content (AvgIpc) is 3.29. The lowest BCUT2D eigenvalue weighted by molar-refractivity contribution is -0.120. The standard InChI is InChI=1S/C25H26Cl2N4O4S/c1-35-12-11-31(24(34)18-7-8-20(26)21(27)13-18)15-23(33)30-25-29-19(16-36-25)14-22(32)28-10-9-17-5-3-2-4-6-17/h2-8,13,16H,9-12,14-15H2,1H3,(H,28,32)(H,29,30,33). The highest BCUT2D eigenvalue weighted by Gasteiger charge is 2.20. The summed E-state index contributed by atoms with van der Waals surface area (Å²) in [5, 5.41) is 8.21. The first-order valence-electron chi connectivity index (χ1n) is 11.1. The van der Waals surface area contributed by atoms with Crippen LogP contribution >= 0.6 is 34.5 Å². The number of carbonyl (C=O) groups excluding carboxylic acids is 3. The van der Waals surface area contributed by atoms with Crippen molar-refractivity contribution in [3.63, 3.8) is 0 Å². The first kappa shape index (κ1) is 27.6. The predicted molar refractivity (Wildman–Crippen MR) is 142 cm³/mol. The Morgan fingerprint density at radius 1 is 1.06 bits per heavy atom. The van der Waals surface area contributed by atoms with Gasteiger partial charge in [0.15, 0.2) is 5.13 Å². The smallest absolute Gasteiger partial charge is 0.254 e. The molecule has 0 unspecified atom stereocenters. The van der Waals surface area contributed by atoms with E-state index in [0.29, 0.717) is 28.0 Å². The molecule has 3 rings (SSSR count). The molecule has 0 spiro atoms. The van der Waals surface area contributed by atoms with Crippen LogP contribution in [0.4, 0.5) is 5.13 Å². The molecule has 0 bridgehead atoms. The second kappa shape index (κ2) is 13.9. The molecule has 0 saturated heterocycles. The van der Waals surface area contributed by atoms with E-state index in [1.807, 2.05) is 30.3 Å². The summed E-state index contributed by atoms with van der Waals surface area (Å²) in [6.07, 6.45) is 0.850. The zero-order chi connectivity index (χ0) is 25.9. The molecule has 1 aromatic heterocycles. The number of amides is 3. The van der Waals surface area contributed by atoms with Gasteiger partial charge in [0.2, 0.25) is 11.8 Å². The maximum atomic E-state index is 12.9. The van der Waals surface area contributed by atoms with Crippen LogP contribution in [0.25, 0.3) is 0 Å². The van der Waals surface area contributed by atoms with Gasteiger partial charge in [-0.25, -0.2) is 4.98 Å². The SMILES string of the molecule is COCCN(CC(=O)Nc1nc(CC(=O)NCCc2ccccc2)cs1)C(=O)c1ccc(Cl)c(Cl)c1. The van der Waals surface area contributed by atoms with Gasteiger partial charge < -0.3 is 20.3 Å². The van der Waals surface area contributed by atoms with Gasteiger partial charge in [-0.15, -0.1) is 11.3 Å². The summed E-state index contributed by atoms with van der Waals surface area (Å²) < 4.78 is 5.07. The first-order chi connectivity index (χ1) is 17.4. The van der Waals surface area contributed by atoms with Crippen LogP contribution < -0.4 is 10.6 Å². The number of halogens is 2. The van der Waals surface area contributed by atoms with Gasteiger partial charge in [0, 0.05) is 31.1 Å². The number of rotatable bonds is 12. The van der Waals surface area contributed by atoms with Crippen LogP contribution in [0.2, 0.25) is 10.0 Å². The van der Waals surface area contributed by atoms with Crippen LogP contribution in [0, 0.1) is 0 Å². The minimum absolute atomic E-state index is 0.108. The van der Waals surface area contributed by atoms with Crippen LogP contribution in [0.5, 0.6) is 0 Å². The van der Waals surface area contributed by atoms with Crippen molar-refractivity contribution in [1.82, 2.24) is 15.2 Å². The number of benzene rings is 2. The molecular weight excluding hydrogens is 523 g/mol. The molecule has 11 heteroatoms. The van der Waals surface area contributed by atoms with E-state index in [2.05, 4.69) is 15.6 Å². The number of thiazole rings is 1. The average molecular weight is 549 g/mol. The highest BCUT2D eigenvalue weighted by Crippen LogP contribution is 2.23. The second-order valence-electron chi connectivity index (χ2n) is 7.80. The maximum Gasteiger partial charge on any atom is 0.254 e. The van der Waals surface area contributed by atoms with Crippen LogP contribution in [0.3, 0.4) is 0 Å². The largest absolute Gasteiger partial charge is 0.383 e. The Bertz CT molecular complexity index is 1190. The topological polar surface area (TPSA) is 101 Å². The van der Waals surface area contributed by atoms with E-state index in [-0.39, 0.29) is 43.0 Å². The molecule has 2 aromatic carbocycles. The predicted octanol–water partition coefficient (Wildman–Crippen LogP) is 4.08. The highest BCUT2D eigenvalue weighted by atomic mass is 35.5. The fourth-order valence-electron chi connectivity index (χ4n) is 3.26. The molecule has 36 heavy (non-hydrogen) atoms. The summed E-state index contributed by atoms with van der Waals surface area (Å²) in [4.78, 5) is 43.5. The van der Waals surface area contributed by atoms with Crippen LogP contribution in [0.1, 0.15) is 21.6 Å². The zero-order valence-corrected chi connectivity index (χ0v) is 22.0. The van der Waals surface area contributed by atoms with Crippen molar-refractivity contribution in [1.29, 1.82) is 0 Å². The maximum absolute atomic E-state index is 12.9. The first-order valence-corrected chi connectivity index (χ1v) is 12.8. The summed E-state index contributed by atoms with van der Waals surface area (Å²) >= 11 is 13.2. The summed E-state index contributed by atoms with van der Waals surface area (Å²) in [6, 6.07) is 14.4. The van der Waals surface area contributed by atoms with Crippen molar-refractivity contribution in [2.75, 3.05) is 38.7 Å². The van der Waals surface area contributed by atoms with E-state index in [4.69, 9.17) is 27.9 Å². The summed E-state index contributed by atoms with van der Waals surface area (Å²) in [7, 11) is 1.51. The molecule has 0 atom stereocenters. The normalized spacial score (nSPS) is 10.6. The van der Waals surface area contributed by atoms with E-state index in [0.717, 1.165) is 12.0 Å².